The summed E-state index contributed by atoms with van der Waals surface area (Å²) in [7, 11) is 3.41. The van der Waals surface area contributed by atoms with E-state index in [0.29, 0.717) is 19.4 Å². The number of carboxylic acids is 1. The summed E-state index contributed by atoms with van der Waals surface area (Å²) in [5.41, 5.74) is 0.839. The van der Waals surface area contributed by atoms with Crippen LogP contribution in [-0.2, 0) is 20.9 Å². The van der Waals surface area contributed by atoms with Gasteiger partial charge in [-0.1, -0.05) is 0 Å². The van der Waals surface area contributed by atoms with Crippen LogP contribution >= 0.6 is 11.3 Å². The van der Waals surface area contributed by atoms with E-state index in [9.17, 15) is 9.59 Å². The second-order valence-corrected chi connectivity index (χ2v) is 5.85. The molecule has 0 saturated heterocycles. The van der Waals surface area contributed by atoms with E-state index in [0.717, 1.165) is 16.5 Å². The van der Waals surface area contributed by atoms with Crippen LogP contribution in [0.3, 0.4) is 0 Å². The largest absolute Gasteiger partial charge is 0.478 e. The fraction of sp³-hybridized carbons (Fsp3) is 0.467. The van der Waals surface area contributed by atoms with Crippen LogP contribution in [0.5, 0.6) is 0 Å². The Labute approximate surface area is 128 Å². The number of aliphatic carboxylic acids is 1. The van der Waals surface area contributed by atoms with Crippen LogP contribution < -0.4 is 0 Å². The Hall–Kier alpha value is -1.66. The molecule has 0 fully saturated rings. The average molecular weight is 311 g/mol. The zero-order valence-corrected chi connectivity index (χ0v) is 13.4. The quantitative estimate of drug-likeness (QED) is 0.749. The molecule has 1 aromatic rings. The summed E-state index contributed by atoms with van der Waals surface area (Å²) in [5.74, 6) is -0.891. The van der Waals surface area contributed by atoms with Gasteiger partial charge in [-0.3, -0.25) is 4.79 Å². The molecule has 1 heterocycles. The number of thiophene rings is 1. The van der Waals surface area contributed by atoms with Gasteiger partial charge >= 0.3 is 5.97 Å². The molecular formula is C15H21NO4S. The summed E-state index contributed by atoms with van der Waals surface area (Å²) in [6.45, 7) is 2.47. The third-order valence-electron chi connectivity index (χ3n) is 3.08. The van der Waals surface area contributed by atoms with Gasteiger partial charge in [0.1, 0.15) is 0 Å². The maximum atomic E-state index is 12.0. The predicted molar refractivity (Wildman–Crippen MR) is 83.2 cm³/mol. The van der Waals surface area contributed by atoms with Gasteiger partial charge in [-0.05, 0) is 36.4 Å². The molecule has 6 heteroatoms. The molecular weight excluding hydrogens is 290 g/mol. The molecule has 1 N–H and O–H groups in total. The number of rotatable bonds is 8. The van der Waals surface area contributed by atoms with Crippen molar-refractivity contribution in [1.29, 1.82) is 0 Å². The normalized spacial score (nSPS) is 12.5. The summed E-state index contributed by atoms with van der Waals surface area (Å²) in [5, 5.41) is 10.5. The SMILES string of the molecule is COC(C)CCC(=O)N(C)Cc1cc(/C=C/C(=O)O)cs1. The Bertz CT molecular complexity index is 510. The fourth-order valence-corrected chi connectivity index (χ4v) is 2.60. The molecule has 0 saturated carbocycles. The van der Waals surface area contributed by atoms with E-state index in [1.165, 1.54) is 11.3 Å². The molecule has 1 atom stereocenters. The first-order valence-corrected chi connectivity index (χ1v) is 7.55. The van der Waals surface area contributed by atoms with E-state index in [1.807, 2.05) is 18.4 Å². The van der Waals surface area contributed by atoms with Crippen LogP contribution in [0.15, 0.2) is 17.5 Å². The highest BCUT2D eigenvalue weighted by Gasteiger charge is 2.12. The van der Waals surface area contributed by atoms with E-state index in [4.69, 9.17) is 9.84 Å². The molecule has 116 valence electrons. The molecule has 5 nitrogen and oxygen atoms in total. The van der Waals surface area contributed by atoms with Crippen LogP contribution in [0.4, 0.5) is 0 Å². The number of nitrogens with zero attached hydrogens (tertiary/aromatic N) is 1. The number of hydrogen-bond acceptors (Lipinski definition) is 4. The smallest absolute Gasteiger partial charge is 0.328 e. The second kappa shape index (κ2) is 8.59. The Morgan fingerprint density at radius 3 is 2.86 bits per heavy atom. The first-order chi connectivity index (χ1) is 9.92. The Morgan fingerprint density at radius 2 is 2.24 bits per heavy atom. The second-order valence-electron chi connectivity index (χ2n) is 4.85. The first-order valence-electron chi connectivity index (χ1n) is 6.67. The molecule has 0 aromatic carbocycles. The van der Waals surface area contributed by atoms with Crippen molar-refractivity contribution < 1.29 is 19.4 Å². The van der Waals surface area contributed by atoms with E-state index < -0.39 is 5.97 Å². The van der Waals surface area contributed by atoms with Gasteiger partial charge in [0, 0.05) is 31.5 Å². The lowest BCUT2D eigenvalue weighted by atomic mass is 10.2. The minimum Gasteiger partial charge on any atom is -0.478 e. The molecule has 0 aliphatic heterocycles. The number of carboxylic acid groups (broad SMARTS) is 1. The Morgan fingerprint density at radius 1 is 1.52 bits per heavy atom. The van der Waals surface area contributed by atoms with Crippen LogP contribution in [-0.4, -0.2) is 42.1 Å². The zero-order chi connectivity index (χ0) is 15.8. The van der Waals surface area contributed by atoms with E-state index in [1.54, 1.807) is 25.1 Å². The van der Waals surface area contributed by atoms with Crippen LogP contribution in [0.1, 0.15) is 30.2 Å². The van der Waals surface area contributed by atoms with Gasteiger partial charge in [-0.15, -0.1) is 11.3 Å². The van der Waals surface area contributed by atoms with Crippen molar-refractivity contribution in [3.8, 4) is 0 Å². The zero-order valence-electron chi connectivity index (χ0n) is 12.5. The number of carbonyl (C=O) groups is 2. The number of carbonyl (C=O) groups excluding carboxylic acids is 1. The fourth-order valence-electron chi connectivity index (χ4n) is 1.69. The maximum absolute atomic E-state index is 12.0. The van der Waals surface area contributed by atoms with Gasteiger partial charge in [-0.2, -0.15) is 0 Å². The number of hydrogen-bond donors (Lipinski definition) is 1. The molecule has 1 aromatic heterocycles. The molecule has 21 heavy (non-hydrogen) atoms. The van der Waals surface area contributed by atoms with Gasteiger partial charge in [-0.25, -0.2) is 4.79 Å². The summed E-state index contributed by atoms with van der Waals surface area (Å²) < 4.78 is 5.12. The Balaban J connectivity index is 2.49. The standard InChI is InChI=1S/C15H21NO4S/c1-11(20-3)4-6-14(17)16(2)9-13-8-12(10-21-13)5-7-15(18)19/h5,7-8,10-11H,4,6,9H2,1-3H3,(H,18,19)/b7-5+. The van der Waals surface area contributed by atoms with E-state index in [2.05, 4.69) is 0 Å². The number of amides is 1. The van der Waals surface area contributed by atoms with Gasteiger partial charge in [0.2, 0.25) is 5.91 Å². The van der Waals surface area contributed by atoms with Crippen molar-refractivity contribution in [2.24, 2.45) is 0 Å². The van der Waals surface area contributed by atoms with Crippen molar-refractivity contribution in [2.45, 2.75) is 32.4 Å². The summed E-state index contributed by atoms with van der Waals surface area (Å²) in [6, 6.07) is 1.89. The van der Waals surface area contributed by atoms with Crippen molar-refractivity contribution >= 4 is 29.3 Å². The van der Waals surface area contributed by atoms with Crippen molar-refractivity contribution in [3.63, 3.8) is 0 Å². The maximum Gasteiger partial charge on any atom is 0.328 e. The molecule has 0 spiro atoms. The number of ether oxygens (including phenoxy) is 1. The monoisotopic (exact) mass is 311 g/mol. The Kier molecular flexibility index (Phi) is 7.11. The summed E-state index contributed by atoms with van der Waals surface area (Å²) >= 11 is 1.51. The average Bonchev–Trinajstić information content (AvgIpc) is 2.89. The summed E-state index contributed by atoms with van der Waals surface area (Å²) in [6.07, 6.45) is 3.90. The minimum atomic E-state index is -0.970. The van der Waals surface area contributed by atoms with E-state index >= 15 is 0 Å². The molecule has 1 unspecified atom stereocenters. The van der Waals surface area contributed by atoms with Crippen LogP contribution in [0.2, 0.25) is 0 Å². The topological polar surface area (TPSA) is 66.8 Å². The molecule has 0 radical (unpaired) electrons. The van der Waals surface area contributed by atoms with Crippen molar-refractivity contribution in [1.82, 2.24) is 4.90 Å². The van der Waals surface area contributed by atoms with Gasteiger partial charge in [0.25, 0.3) is 0 Å². The first kappa shape index (κ1) is 17.4. The van der Waals surface area contributed by atoms with E-state index in [-0.39, 0.29) is 12.0 Å². The third-order valence-corrected chi connectivity index (χ3v) is 4.02. The van der Waals surface area contributed by atoms with Crippen LogP contribution in [0, 0.1) is 0 Å². The molecule has 0 aliphatic carbocycles. The van der Waals surface area contributed by atoms with Crippen LogP contribution in [0.25, 0.3) is 6.08 Å². The predicted octanol–water partition coefficient (Wildman–Crippen LogP) is 2.62. The van der Waals surface area contributed by atoms with Crippen molar-refractivity contribution in [2.75, 3.05) is 14.2 Å². The highest BCUT2D eigenvalue weighted by molar-refractivity contribution is 7.10. The van der Waals surface area contributed by atoms with Gasteiger partial charge < -0.3 is 14.7 Å². The minimum absolute atomic E-state index is 0.0786. The highest BCUT2D eigenvalue weighted by atomic mass is 32.1. The van der Waals surface area contributed by atoms with Gasteiger partial charge in [0.05, 0.1) is 12.6 Å². The lowest BCUT2D eigenvalue weighted by Crippen LogP contribution is -2.26. The summed E-state index contributed by atoms with van der Waals surface area (Å²) in [4.78, 5) is 25.1. The lowest BCUT2D eigenvalue weighted by molar-refractivity contribution is -0.132. The number of methoxy groups -OCH3 is 1. The molecule has 0 bridgehead atoms. The molecule has 1 amide bonds. The van der Waals surface area contributed by atoms with Crippen molar-refractivity contribution in [3.05, 3.63) is 28.0 Å². The highest BCUT2D eigenvalue weighted by Crippen LogP contribution is 2.18. The third kappa shape index (κ3) is 6.55. The van der Waals surface area contributed by atoms with Gasteiger partial charge in [0.15, 0.2) is 0 Å². The molecule has 1 rings (SSSR count). The molecule has 0 aliphatic rings. The lowest BCUT2D eigenvalue weighted by Gasteiger charge is -2.17.